The van der Waals surface area contributed by atoms with Crippen LogP contribution in [0, 0.1) is 0 Å². The molecule has 0 spiro atoms. The Hall–Kier alpha value is -2.57. The van der Waals surface area contributed by atoms with Crippen LogP contribution in [0.4, 0.5) is 0 Å². The smallest absolute Gasteiger partial charge is 0.306 e. The average Bonchev–Trinajstić information content (AvgIpc) is 3.26. The zero-order valence-electron chi connectivity index (χ0n) is 40.6. The lowest BCUT2D eigenvalue weighted by molar-refractivity contribution is -0.161. The van der Waals surface area contributed by atoms with Gasteiger partial charge in [-0.05, 0) is 84.6 Å². The van der Waals surface area contributed by atoms with Crippen LogP contribution in [0.15, 0.2) is 78.9 Å². The number of nitrogens with zero attached hydrogens (tertiary/aromatic N) is 1. The van der Waals surface area contributed by atoms with Crippen molar-refractivity contribution < 1.29 is 28.1 Å². The Balaban J connectivity index is 2.57. The molecule has 0 amide bonds. The summed E-state index contributed by atoms with van der Waals surface area (Å²) in [6.45, 7) is 13.5. The summed E-state index contributed by atoms with van der Waals surface area (Å²) < 4.78 is 26.7. The highest BCUT2D eigenvalue weighted by molar-refractivity contribution is 7.44. The predicted octanol–water partition coefficient (Wildman–Crippen LogP) is 16.4. The lowest BCUT2D eigenvalue weighted by Gasteiger charge is -2.36. The van der Waals surface area contributed by atoms with Crippen molar-refractivity contribution in [2.75, 3.05) is 13.2 Å². The topological polar surface area (TPSA) is 74.3 Å². The number of allylic oxidation sites excluding steroid dienone is 8. The summed E-state index contributed by atoms with van der Waals surface area (Å²) in [5, 5.41) is 0. The third-order valence-electron chi connectivity index (χ3n) is 10.7. The predicted molar refractivity (Wildman–Crippen MR) is 265 cm³/mol. The SMILES string of the molecule is CCCCC/C=C\C/C=C\C/C=C\C/C=C\CCCC(=O)O[C@H](COC(=O)CCCCCCCCCCCCCCCCC)COP(OCc1ccccc1)N(C(C)C)C(C)C. The molecular formula is C54H92NO6P. The molecule has 8 heteroatoms. The average molecular weight is 882 g/mol. The van der Waals surface area contributed by atoms with Crippen molar-refractivity contribution >= 4 is 20.5 Å². The van der Waals surface area contributed by atoms with Crippen molar-refractivity contribution in [2.24, 2.45) is 0 Å². The minimum atomic E-state index is -1.49. The van der Waals surface area contributed by atoms with E-state index in [9.17, 15) is 9.59 Å². The molecule has 0 saturated carbocycles. The Morgan fingerprint density at radius 3 is 1.50 bits per heavy atom. The number of benzene rings is 1. The van der Waals surface area contributed by atoms with E-state index in [-0.39, 0.29) is 43.7 Å². The molecule has 0 saturated heterocycles. The molecule has 62 heavy (non-hydrogen) atoms. The first-order chi connectivity index (χ1) is 30.3. The lowest BCUT2D eigenvalue weighted by atomic mass is 10.0. The maximum Gasteiger partial charge on any atom is 0.306 e. The number of unbranched alkanes of at least 4 members (excludes halogenated alkanes) is 18. The van der Waals surface area contributed by atoms with E-state index in [4.69, 9.17) is 18.5 Å². The molecular weight excluding hydrogens is 790 g/mol. The summed E-state index contributed by atoms with van der Waals surface area (Å²) in [7, 11) is -1.49. The minimum absolute atomic E-state index is 0.0360. The van der Waals surface area contributed by atoms with Gasteiger partial charge in [-0.3, -0.25) is 9.59 Å². The summed E-state index contributed by atoms with van der Waals surface area (Å²) in [6.07, 6.45) is 46.1. The first kappa shape index (κ1) is 57.4. The van der Waals surface area contributed by atoms with Gasteiger partial charge in [-0.25, -0.2) is 4.67 Å². The number of esters is 2. The monoisotopic (exact) mass is 882 g/mol. The van der Waals surface area contributed by atoms with Crippen LogP contribution in [0.3, 0.4) is 0 Å². The summed E-state index contributed by atoms with van der Waals surface area (Å²) in [4.78, 5) is 25.9. The molecule has 7 nitrogen and oxygen atoms in total. The minimum Gasteiger partial charge on any atom is -0.462 e. The molecule has 2 atom stereocenters. The second kappa shape index (κ2) is 42.4. The molecule has 1 aromatic rings. The molecule has 0 aliphatic carbocycles. The van der Waals surface area contributed by atoms with Gasteiger partial charge in [-0.15, -0.1) is 0 Å². The van der Waals surface area contributed by atoms with Gasteiger partial charge < -0.3 is 18.5 Å². The number of carbonyl (C=O) groups excluding carboxylic acids is 2. The van der Waals surface area contributed by atoms with E-state index < -0.39 is 14.6 Å². The van der Waals surface area contributed by atoms with E-state index in [0.29, 0.717) is 19.4 Å². The van der Waals surface area contributed by atoms with Crippen LogP contribution in [0.25, 0.3) is 0 Å². The van der Waals surface area contributed by atoms with Gasteiger partial charge in [-0.2, -0.15) is 0 Å². The van der Waals surface area contributed by atoms with Crippen molar-refractivity contribution in [3.63, 3.8) is 0 Å². The van der Waals surface area contributed by atoms with Gasteiger partial charge in [0.15, 0.2) is 6.10 Å². The molecule has 0 fully saturated rings. The Bertz CT molecular complexity index is 1290. The van der Waals surface area contributed by atoms with Crippen LogP contribution in [0.5, 0.6) is 0 Å². The second-order valence-electron chi connectivity index (χ2n) is 17.3. The first-order valence-corrected chi connectivity index (χ1v) is 26.2. The van der Waals surface area contributed by atoms with Gasteiger partial charge in [0.2, 0.25) is 0 Å². The van der Waals surface area contributed by atoms with Gasteiger partial charge in [0.1, 0.15) is 6.61 Å². The third kappa shape index (κ3) is 34.9. The second-order valence-corrected chi connectivity index (χ2v) is 18.8. The van der Waals surface area contributed by atoms with Gasteiger partial charge in [0.25, 0.3) is 8.53 Å². The Labute approximate surface area is 382 Å². The van der Waals surface area contributed by atoms with Crippen LogP contribution in [0.2, 0.25) is 0 Å². The van der Waals surface area contributed by atoms with E-state index in [0.717, 1.165) is 50.5 Å². The quantitative estimate of drug-likeness (QED) is 0.0280. The van der Waals surface area contributed by atoms with Crippen LogP contribution in [-0.4, -0.2) is 48.0 Å². The fourth-order valence-electron chi connectivity index (χ4n) is 7.18. The molecule has 0 heterocycles. The first-order valence-electron chi connectivity index (χ1n) is 25.1. The van der Waals surface area contributed by atoms with Crippen molar-refractivity contribution in [2.45, 2.75) is 233 Å². The molecule has 0 N–H and O–H groups in total. The van der Waals surface area contributed by atoms with Crippen molar-refractivity contribution in [1.29, 1.82) is 0 Å². The molecule has 0 bridgehead atoms. The molecule has 1 rings (SSSR count). The Morgan fingerprint density at radius 1 is 0.532 bits per heavy atom. The van der Waals surface area contributed by atoms with Gasteiger partial charge in [0.05, 0.1) is 13.2 Å². The van der Waals surface area contributed by atoms with E-state index in [1.807, 2.05) is 30.3 Å². The van der Waals surface area contributed by atoms with E-state index in [2.05, 4.69) is 94.8 Å². The van der Waals surface area contributed by atoms with Gasteiger partial charge in [0, 0.05) is 24.9 Å². The maximum absolute atomic E-state index is 13.1. The number of ether oxygens (including phenoxy) is 2. The fraction of sp³-hybridized carbons (Fsp3) is 0.704. The van der Waals surface area contributed by atoms with E-state index >= 15 is 0 Å². The van der Waals surface area contributed by atoms with Crippen LogP contribution in [0.1, 0.15) is 214 Å². The maximum atomic E-state index is 13.1. The van der Waals surface area contributed by atoms with Crippen molar-refractivity contribution in [3.8, 4) is 0 Å². The molecule has 1 unspecified atom stereocenters. The Morgan fingerprint density at radius 2 is 0.984 bits per heavy atom. The molecule has 0 aliphatic heterocycles. The van der Waals surface area contributed by atoms with Gasteiger partial charge in [-0.1, -0.05) is 196 Å². The summed E-state index contributed by atoms with van der Waals surface area (Å²) >= 11 is 0. The number of hydrogen-bond donors (Lipinski definition) is 0. The zero-order valence-corrected chi connectivity index (χ0v) is 41.5. The van der Waals surface area contributed by atoms with E-state index in [1.165, 1.54) is 103 Å². The highest BCUT2D eigenvalue weighted by Gasteiger charge is 2.29. The van der Waals surface area contributed by atoms with Crippen molar-refractivity contribution in [1.82, 2.24) is 4.67 Å². The standard InChI is InChI=1S/C54H92NO6P/c1-7-9-11-13-15-17-19-21-23-24-26-28-30-32-34-36-41-45-54(57)61-52(48-60-62(55(49(3)4)50(5)6)59-46-51-42-38-37-39-43-51)47-58-53(56)44-40-35-33-31-29-27-25-22-20-18-16-14-12-10-8-2/h15,17,21,23,26,28,32,34,37-39,42-43,49-50,52H,7-14,16,18-20,22,24-25,27,29-31,33,35-36,40-41,44-48H2,1-6H3/b17-15-,23-21-,28-26-,34-32-/t52-,62?/m1/s1. The number of rotatable bonds is 42. The highest BCUT2D eigenvalue weighted by atomic mass is 31.2. The van der Waals surface area contributed by atoms with Crippen LogP contribution >= 0.6 is 8.53 Å². The largest absolute Gasteiger partial charge is 0.462 e. The molecule has 1 aromatic carbocycles. The van der Waals surface area contributed by atoms with Crippen LogP contribution < -0.4 is 0 Å². The normalized spacial score (nSPS) is 13.2. The Kier molecular flexibility index (Phi) is 39.3. The summed E-state index contributed by atoms with van der Waals surface area (Å²) in [5.74, 6) is -0.568. The summed E-state index contributed by atoms with van der Waals surface area (Å²) in [5.41, 5.74) is 1.06. The lowest BCUT2D eigenvalue weighted by Crippen LogP contribution is -2.35. The number of hydrogen-bond acceptors (Lipinski definition) is 7. The van der Waals surface area contributed by atoms with Crippen molar-refractivity contribution in [3.05, 3.63) is 84.5 Å². The molecule has 0 radical (unpaired) electrons. The third-order valence-corrected chi connectivity index (χ3v) is 12.7. The number of carbonyl (C=O) groups is 2. The summed E-state index contributed by atoms with van der Waals surface area (Å²) in [6, 6.07) is 10.4. The molecule has 354 valence electrons. The van der Waals surface area contributed by atoms with E-state index in [1.54, 1.807) is 0 Å². The molecule has 0 aromatic heterocycles. The zero-order chi connectivity index (χ0) is 45.1. The van der Waals surface area contributed by atoms with Gasteiger partial charge >= 0.3 is 11.9 Å². The molecule has 0 aliphatic rings. The van der Waals surface area contributed by atoms with Crippen LogP contribution in [-0.2, 0) is 34.7 Å². The highest BCUT2D eigenvalue weighted by Crippen LogP contribution is 2.46. The fourth-order valence-corrected chi connectivity index (χ4v) is 8.83.